The first kappa shape index (κ1) is 10.3. The van der Waals surface area contributed by atoms with Crippen LogP contribution >= 0.6 is 0 Å². The second-order valence-corrected chi connectivity index (χ2v) is 4.25. The average molecular weight is 208 g/mol. The number of likely N-dealkylation sites (tertiary alicyclic amines) is 1. The van der Waals surface area contributed by atoms with Gasteiger partial charge in [-0.2, -0.15) is 0 Å². The molecule has 1 aromatic heterocycles. The lowest BCUT2D eigenvalue weighted by Gasteiger charge is -2.29. The Bertz CT molecular complexity index is 336. The molecule has 0 bridgehead atoms. The summed E-state index contributed by atoms with van der Waals surface area (Å²) in [4.78, 5) is 12.8. The minimum Gasteiger partial charge on any atom is -0.306 e. The minimum absolute atomic E-state index is 0.416. The van der Waals surface area contributed by atoms with Gasteiger partial charge in [-0.3, -0.25) is 9.48 Å². The number of aromatic nitrogens is 3. The number of hydrogen-bond donors (Lipinski definition) is 0. The summed E-state index contributed by atoms with van der Waals surface area (Å²) in [5.41, 5.74) is 0.416. The molecule has 1 fully saturated rings. The standard InChI is InChI=1S/C10H16N4O/c1-13-4-2-3-9(5-13)6-14-7-10(8-15)11-12-14/h7-9H,2-6H2,1H3/t9-/m1/s1. The van der Waals surface area contributed by atoms with E-state index < -0.39 is 0 Å². The molecule has 15 heavy (non-hydrogen) atoms. The molecule has 1 aromatic rings. The van der Waals surface area contributed by atoms with Crippen LogP contribution in [0.2, 0.25) is 0 Å². The lowest BCUT2D eigenvalue weighted by atomic mass is 9.99. The molecule has 5 heteroatoms. The zero-order valence-electron chi connectivity index (χ0n) is 8.96. The fourth-order valence-electron chi connectivity index (χ4n) is 2.14. The number of carbonyl (C=O) groups is 1. The molecule has 0 N–H and O–H groups in total. The van der Waals surface area contributed by atoms with Crippen LogP contribution in [-0.2, 0) is 6.54 Å². The molecular weight excluding hydrogens is 192 g/mol. The van der Waals surface area contributed by atoms with E-state index in [0.29, 0.717) is 11.6 Å². The maximum atomic E-state index is 10.4. The molecule has 0 unspecified atom stereocenters. The number of rotatable bonds is 3. The Labute approximate surface area is 89.1 Å². The Balaban J connectivity index is 1.92. The van der Waals surface area contributed by atoms with Crippen LogP contribution in [-0.4, -0.2) is 46.3 Å². The van der Waals surface area contributed by atoms with Crippen molar-refractivity contribution < 1.29 is 4.79 Å². The summed E-state index contributed by atoms with van der Waals surface area (Å²) in [7, 11) is 2.14. The first-order chi connectivity index (χ1) is 7.28. The van der Waals surface area contributed by atoms with E-state index >= 15 is 0 Å². The summed E-state index contributed by atoms with van der Waals surface area (Å²) >= 11 is 0. The number of nitrogens with zero attached hydrogens (tertiary/aromatic N) is 4. The van der Waals surface area contributed by atoms with Gasteiger partial charge in [0.25, 0.3) is 0 Å². The highest BCUT2D eigenvalue weighted by Gasteiger charge is 2.17. The molecule has 2 heterocycles. The molecule has 0 amide bonds. The fourth-order valence-corrected chi connectivity index (χ4v) is 2.14. The first-order valence-electron chi connectivity index (χ1n) is 5.32. The fraction of sp³-hybridized carbons (Fsp3) is 0.700. The number of carbonyl (C=O) groups excluding carboxylic acids is 1. The quantitative estimate of drug-likeness (QED) is 0.676. The normalized spacial score (nSPS) is 22.9. The van der Waals surface area contributed by atoms with E-state index in [-0.39, 0.29) is 0 Å². The second kappa shape index (κ2) is 4.53. The van der Waals surface area contributed by atoms with Crippen molar-refractivity contribution >= 4 is 6.29 Å². The molecule has 1 atom stereocenters. The zero-order chi connectivity index (χ0) is 10.7. The molecule has 5 nitrogen and oxygen atoms in total. The molecule has 82 valence electrons. The van der Waals surface area contributed by atoms with E-state index in [2.05, 4.69) is 22.3 Å². The van der Waals surface area contributed by atoms with Gasteiger partial charge in [0.2, 0.25) is 0 Å². The summed E-state index contributed by atoms with van der Waals surface area (Å²) in [5.74, 6) is 0.630. The lowest BCUT2D eigenvalue weighted by molar-refractivity contribution is 0.111. The van der Waals surface area contributed by atoms with Crippen LogP contribution in [0.15, 0.2) is 6.20 Å². The molecule has 0 saturated carbocycles. The van der Waals surface area contributed by atoms with Gasteiger partial charge in [-0.15, -0.1) is 5.10 Å². The van der Waals surface area contributed by atoms with E-state index in [0.717, 1.165) is 19.4 Å². The van der Waals surface area contributed by atoms with Crippen molar-refractivity contribution in [2.75, 3.05) is 20.1 Å². The van der Waals surface area contributed by atoms with E-state index in [9.17, 15) is 4.79 Å². The molecule has 2 rings (SSSR count). The van der Waals surface area contributed by atoms with Crippen LogP contribution in [0.25, 0.3) is 0 Å². The van der Waals surface area contributed by atoms with Crippen LogP contribution in [0.1, 0.15) is 23.3 Å². The molecule has 0 spiro atoms. The topological polar surface area (TPSA) is 51.0 Å². The molecule has 1 aliphatic rings. The molecule has 1 aliphatic heterocycles. The van der Waals surface area contributed by atoms with Crippen molar-refractivity contribution in [3.63, 3.8) is 0 Å². The van der Waals surface area contributed by atoms with Crippen LogP contribution in [0.5, 0.6) is 0 Å². The molecular formula is C10H16N4O. The predicted molar refractivity (Wildman–Crippen MR) is 55.6 cm³/mol. The summed E-state index contributed by atoms with van der Waals surface area (Å²) in [6.45, 7) is 3.16. The van der Waals surface area contributed by atoms with E-state index in [1.807, 2.05) is 0 Å². The third kappa shape index (κ3) is 2.62. The Morgan fingerprint density at radius 3 is 3.20 bits per heavy atom. The van der Waals surface area contributed by atoms with Crippen molar-refractivity contribution in [2.45, 2.75) is 19.4 Å². The number of hydrogen-bond acceptors (Lipinski definition) is 4. The van der Waals surface area contributed by atoms with Gasteiger partial charge in [0.05, 0.1) is 6.20 Å². The minimum atomic E-state index is 0.416. The second-order valence-electron chi connectivity index (χ2n) is 4.25. The van der Waals surface area contributed by atoms with Gasteiger partial charge >= 0.3 is 0 Å². The molecule has 1 saturated heterocycles. The molecule has 0 aromatic carbocycles. The van der Waals surface area contributed by atoms with Gasteiger partial charge in [-0.25, -0.2) is 0 Å². The SMILES string of the molecule is CN1CCC[C@@H](Cn2cc(C=O)nn2)C1. The highest BCUT2D eigenvalue weighted by atomic mass is 16.1. The summed E-state index contributed by atoms with van der Waals surface area (Å²) in [5, 5.41) is 7.67. The van der Waals surface area contributed by atoms with Gasteiger partial charge in [0.1, 0.15) is 5.69 Å². The summed E-state index contributed by atoms with van der Waals surface area (Å²) < 4.78 is 1.77. The highest BCUT2D eigenvalue weighted by Crippen LogP contribution is 2.16. The van der Waals surface area contributed by atoms with Gasteiger partial charge in [0, 0.05) is 13.1 Å². The van der Waals surface area contributed by atoms with E-state index in [1.165, 1.54) is 19.4 Å². The summed E-state index contributed by atoms with van der Waals surface area (Å²) in [6.07, 6.45) is 4.93. The van der Waals surface area contributed by atoms with Crippen LogP contribution in [0.4, 0.5) is 0 Å². The monoisotopic (exact) mass is 208 g/mol. The maximum Gasteiger partial charge on any atom is 0.171 e. The van der Waals surface area contributed by atoms with Crippen molar-refractivity contribution in [1.82, 2.24) is 19.9 Å². The van der Waals surface area contributed by atoms with Gasteiger partial charge in [-0.1, -0.05) is 5.21 Å². The van der Waals surface area contributed by atoms with Crippen molar-refractivity contribution in [3.8, 4) is 0 Å². The Hall–Kier alpha value is -1.23. The van der Waals surface area contributed by atoms with Crippen molar-refractivity contribution in [3.05, 3.63) is 11.9 Å². The highest BCUT2D eigenvalue weighted by molar-refractivity contribution is 5.70. The van der Waals surface area contributed by atoms with Gasteiger partial charge < -0.3 is 4.90 Å². The van der Waals surface area contributed by atoms with Crippen LogP contribution in [0.3, 0.4) is 0 Å². The number of piperidine rings is 1. The predicted octanol–water partition coefficient (Wildman–Crippen LogP) is 0.432. The Kier molecular flexibility index (Phi) is 3.11. The molecule has 0 aliphatic carbocycles. The van der Waals surface area contributed by atoms with Gasteiger partial charge in [0.15, 0.2) is 6.29 Å². The summed E-state index contributed by atoms with van der Waals surface area (Å²) in [6, 6.07) is 0. The third-order valence-corrected chi connectivity index (χ3v) is 2.84. The van der Waals surface area contributed by atoms with Crippen molar-refractivity contribution in [2.24, 2.45) is 5.92 Å². The average Bonchev–Trinajstić information content (AvgIpc) is 2.65. The zero-order valence-corrected chi connectivity index (χ0v) is 8.96. The third-order valence-electron chi connectivity index (χ3n) is 2.84. The van der Waals surface area contributed by atoms with E-state index in [1.54, 1.807) is 10.9 Å². The first-order valence-corrected chi connectivity index (χ1v) is 5.32. The number of aldehydes is 1. The van der Waals surface area contributed by atoms with Gasteiger partial charge in [-0.05, 0) is 32.4 Å². The van der Waals surface area contributed by atoms with Crippen LogP contribution in [0, 0.1) is 5.92 Å². The smallest absolute Gasteiger partial charge is 0.171 e. The van der Waals surface area contributed by atoms with Crippen molar-refractivity contribution in [1.29, 1.82) is 0 Å². The molecule has 0 radical (unpaired) electrons. The largest absolute Gasteiger partial charge is 0.306 e. The van der Waals surface area contributed by atoms with E-state index in [4.69, 9.17) is 0 Å². The lowest BCUT2D eigenvalue weighted by Crippen LogP contribution is -2.34. The Morgan fingerprint density at radius 1 is 1.67 bits per heavy atom. The maximum absolute atomic E-state index is 10.4. The van der Waals surface area contributed by atoms with Crippen LogP contribution < -0.4 is 0 Å². The Morgan fingerprint density at radius 2 is 2.53 bits per heavy atom.